The number of carbonyl (C=O) groups excluding carboxylic acids is 1. The van der Waals surface area contributed by atoms with Gasteiger partial charge in [0, 0.05) is 24.4 Å². The highest BCUT2D eigenvalue weighted by Crippen LogP contribution is 2.25. The number of carbonyl (C=O) groups is 1. The summed E-state index contributed by atoms with van der Waals surface area (Å²) in [5, 5.41) is 0.864. The summed E-state index contributed by atoms with van der Waals surface area (Å²) in [6.45, 7) is 9.11. The number of hydrogen-bond acceptors (Lipinski definition) is 3. The topological polar surface area (TPSA) is 49.0 Å². The fraction of sp³-hybridized carbons (Fsp3) is 0.238. The minimum atomic E-state index is 0.0521. The number of amides is 1. The zero-order chi connectivity index (χ0) is 18.5. The second kappa shape index (κ2) is 8.23. The molecule has 4 nitrogen and oxygen atoms in total. The summed E-state index contributed by atoms with van der Waals surface area (Å²) in [6.07, 6.45) is 0. The molecule has 0 atom stereocenters. The molecule has 26 heavy (non-hydrogen) atoms. The van der Waals surface area contributed by atoms with E-state index in [1.165, 1.54) is 0 Å². The van der Waals surface area contributed by atoms with E-state index in [0.717, 1.165) is 32.9 Å². The molecule has 0 saturated heterocycles. The van der Waals surface area contributed by atoms with E-state index in [1.807, 2.05) is 67.3 Å². The zero-order valence-corrected chi connectivity index (χ0v) is 16.0. The lowest BCUT2D eigenvalue weighted by atomic mass is 10.1. The third kappa shape index (κ3) is 4.17. The highest BCUT2D eigenvalue weighted by atomic mass is 32.2. The van der Waals surface area contributed by atoms with Crippen molar-refractivity contribution in [1.29, 1.82) is 0 Å². The molecule has 1 N–H and O–H groups in total. The molecule has 3 rings (SSSR count). The van der Waals surface area contributed by atoms with E-state index in [4.69, 9.17) is 0 Å². The number of aromatic nitrogens is 2. The summed E-state index contributed by atoms with van der Waals surface area (Å²) in [4.78, 5) is 22.7. The van der Waals surface area contributed by atoms with Gasteiger partial charge in [-0.15, -0.1) is 0 Å². The molecule has 0 unspecified atom stereocenters. The van der Waals surface area contributed by atoms with Gasteiger partial charge in [0.05, 0.1) is 11.0 Å². The van der Waals surface area contributed by atoms with Crippen molar-refractivity contribution in [3.05, 3.63) is 71.8 Å². The van der Waals surface area contributed by atoms with Crippen molar-refractivity contribution < 1.29 is 4.79 Å². The molecule has 0 aliphatic rings. The first kappa shape index (κ1) is 18.3. The maximum Gasteiger partial charge on any atom is 0.254 e. The third-order valence-corrected chi connectivity index (χ3v) is 5.03. The van der Waals surface area contributed by atoms with E-state index >= 15 is 0 Å². The van der Waals surface area contributed by atoms with Gasteiger partial charge < -0.3 is 9.88 Å². The van der Waals surface area contributed by atoms with Crippen molar-refractivity contribution >= 4 is 28.7 Å². The molecule has 0 aliphatic heterocycles. The van der Waals surface area contributed by atoms with Gasteiger partial charge in [-0.05, 0) is 37.6 Å². The molecular formula is C21H23N3OS. The van der Waals surface area contributed by atoms with Gasteiger partial charge in [-0.2, -0.15) is 0 Å². The van der Waals surface area contributed by atoms with Gasteiger partial charge in [0.2, 0.25) is 0 Å². The van der Waals surface area contributed by atoms with E-state index in [2.05, 4.69) is 16.5 Å². The largest absolute Gasteiger partial charge is 0.335 e. The maximum atomic E-state index is 12.9. The number of imidazole rings is 1. The van der Waals surface area contributed by atoms with Crippen molar-refractivity contribution in [3.63, 3.8) is 0 Å². The molecular weight excluding hydrogens is 342 g/mol. The highest BCUT2D eigenvalue weighted by Gasteiger charge is 2.17. The number of rotatable bonds is 7. The molecule has 1 heterocycles. The summed E-state index contributed by atoms with van der Waals surface area (Å²) >= 11 is 1.61. The summed E-state index contributed by atoms with van der Waals surface area (Å²) in [5.74, 6) is 0.739. The number of hydrogen-bond donors (Lipinski definition) is 1. The standard InChI is InChI=1S/C21H23N3OS/c1-4-24(13-15(2)3)20(25)17-10-6-5-9-16(17)14-26-21-22-18-11-7-8-12-19(18)23-21/h5-12H,2,4,13-14H2,1,3H3,(H,22,23). The molecule has 2 aromatic carbocycles. The van der Waals surface area contributed by atoms with Crippen LogP contribution < -0.4 is 0 Å². The Hall–Kier alpha value is -2.53. The minimum absolute atomic E-state index is 0.0521. The molecule has 0 bridgehead atoms. The quantitative estimate of drug-likeness (QED) is 0.479. The fourth-order valence-corrected chi connectivity index (χ4v) is 3.71. The highest BCUT2D eigenvalue weighted by molar-refractivity contribution is 7.98. The minimum Gasteiger partial charge on any atom is -0.335 e. The van der Waals surface area contributed by atoms with Gasteiger partial charge in [-0.1, -0.05) is 54.2 Å². The molecule has 5 heteroatoms. The summed E-state index contributed by atoms with van der Waals surface area (Å²) in [6, 6.07) is 15.8. The molecule has 3 aromatic rings. The van der Waals surface area contributed by atoms with Crippen molar-refractivity contribution in [2.75, 3.05) is 13.1 Å². The van der Waals surface area contributed by atoms with Gasteiger partial charge in [-0.3, -0.25) is 4.79 Å². The van der Waals surface area contributed by atoms with Crippen LogP contribution in [0.25, 0.3) is 11.0 Å². The van der Waals surface area contributed by atoms with E-state index < -0.39 is 0 Å². The van der Waals surface area contributed by atoms with Crippen LogP contribution in [0.3, 0.4) is 0 Å². The number of benzene rings is 2. The fourth-order valence-electron chi connectivity index (χ4n) is 2.82. The number of aromatic amines is 1. The lowest BCUT2D eigenvalue weighted by molar-refractivity contribution is 0.0777. The lowest BCUT2D eigenvalue weighted by Crippen LogP contribution is -2.32. The number of H-pyrrole nitrogens is 1. The summed E-state index contributed by atoms with van der Waals surface area (Å²) in [7, 11) is 0. The predicted octanol–water partition coefficient (Wildman–Crippen LogP) is 4.89. The van der Waals surface area contributed by atoms with Crippen LogP contribution in [0, 0.1) is 0 Å². The lowest BCUT2D eigenvalue weighted by Gasteiger charge is -2.22. The predicted molar refractivity (Wildman–Crippen MR) is 108 cm³/mol. The molecule has 0 radical (unpaired) electrons. The number of para-hydroxylation sites is 2. The number of nitrogens with one attached hydrogen (secondary N) is 1. The summed E-state index contributed by atoms with van der Waals surface area (Å²) in [5.41, 5.74) is 4.73. The van der Waals surface area contributed by atoms with Gasteiger partial charge in [-0.25, -0.2) is 4.98 Å². The number of likely N-dealkylation sites (N-methyl/N-ethyl adjacent to an activating group) is 1. The average molecular weight is 366 g/mol. The Morgan fingerprint density at radius 2 is 1.92 bits per heavy atom. The van der Waals surface area contributed by atoms with Crippen LogP contribution in [0.5, 0.6) is 0 Å². The Morgan fingerprint density at radius 1 is 1.19 bits per heavy atom. The number of nitrogens with zero attached hydrogens (tertiary/aromatic N) is 2. The van der Waals surface area contributed by atoms with Crippen LogP contribution in [-0.2, 0) is 5.75 Å². The summed E-state index contributed by atoms with van der Waals surface area (Å²) < 4.78 is 0. The Bertz CT molecular complexity index is 899. The molecule has 0 spiro atoms. The van der Waals surface area contributed by atoms with Crippen LogP contribution in [-0.4, -0.2) is 33.9 Å². The Kier molecular flexibility index (Phi) is 5.78. The van der Waals surface area contributed by atoms with Gasteiger partial charge in [0.15, 0.2) is 5.16 Å². The molecule has 0 saturated carbocycles. The third-order valence-electron chi connectivity index (χ3n) is 4.11. The van der Waals surface area contributed by atoms with E-state index in [0.29, 0.717) is 18.8 Å². The van der Waals surface area contributed by atoms with Crippen molar-refractivity contribution in [2.45, 2.75) is 24.8 Å². The number of thioether (sulfide) groups is 1. The first-order valence-corrected chi connectivity index (χ1v) is 9.66. The molecule has 1 amide bonds. The van der Waals surface area contributed by atoms with Crippen LogP contribution in [0.4, 0.5) is 0 Å². The van der Waals surface area contributed by atoms with E-state index in [-0.39, 0.29) is 5.91 Å². The van der Waals surface area contributed by atoms with E-state index in [1.54, 1.807) is 11.8 Å². The Balaban J connectivity index is 1.78. The van der Waals surface area contributed by atoms with Crippen molar-refractivity contribution in [1.82, 2.24) is 14.9 Å². The molecule has 134 valence electrons. The van der Waals surface area contributed by atoms with Gasteiger partial charge in [0.25, 0.3) is 5.91 Å². The average Bonchev–Trinajstić information content (AvgIpc) is 3.07. The van der Waals surface area contributed by atoms with Crippen LogP contribution >= 0.6 is 11.8 Å². The molecule has 1 aromatic heterocycles. The molecule has 0 fully saturated rings. The number of fused-ring (bicyclic) bond motifs is 1. The second-order valence-electron chi connectivity index (χ2n) is 6.28. The Labute approximate surface area is 158 Å². The molecule has 0 aliphatic carbocycles. The second-order valence-corrected chi connectivity index (χ2v) is 7.25. The zero-order valence-electron chi connectivity index (χ0n) is 15.2. The monoisotopic (exact) mass is 365 g/mol. The first-order valence-electron chi connectivity index (χ1n) is 8.67. The van der Waals surface area contributed by atoms with Crippen LogP contribution in [0.1, 0.15) is 29.8 Å². The van der Waals surface area contributed by atoms with Crippen molar-refractivity contribution in [2.24, 2.45) is 0 Å². The smallest absolute Gasteiger partial charge is 0.254 e. The Morgan fingerprint density at radius 3 is 2.65 bits per heavy atom. The normalized spacial score (nSPS) is 10.8. The van der Waals surface area contributed by atoms with E-state index in [9.17, 15) is 4.79 Å². The first-order chi connectivity index (χ1) is 12.6. The van der Waals surface area contributed by atoms with Crippen LogP contribution in [0.2, 0.25) is 0 Å². The van der Waals surface area contributed by atoms with Gasteiger partial charge in [0.1, 0.15) is 0 Å². The maximum absolute atomic E-state index is 12.9. The van der Waals surface area contributed by atoms with Gasteiger partial charge >= 0.3 is 0 Å². The van der Waals surface area contributed by atoms with Crippen molar-refractivity contribution in [3.8, 4) is 0 Å². The SMILES string of the molecule is C=C(C)CN(CC)C(=O)c1ccccc1CSc1nc2ccccc2[nH]1. The van der Waals surface area contributed by atoms with Crippen LogP contribution in [0.15, 0.2) is 65.8 Å².